The summed E-state index contributed by atoms with van der Waals surface area (Å²) in [5.74, 6) is 0.405. The summed E-state index contributed by atoms with van der Waals surface area (Å²) in [6.45, 7) is 5.72. The molecule has 1 aliphatic rings. The predicted octanol–water partition coefficient (Wildman–Crippen LogP) is 2.73. The van der Waals surface area contributed by atoms with E-state index in [1.807, 2.05) is 6.92 Å². The maximum Gasteiger partial charge on any atom is 0.288 e. The normalized spacial score (nSPS) is 23.5. The average Bonchev–Trinajstić information content (AvgIpc) is 2.35. The van der Waals surface area contributed by atoms with Gasteiger partial charge in [-0.1, -0.05) is 18.5 Å². The molecule has 2 unspecified atom stereocenters. The van der Waals surface area contributed by atoms with Gasteiger partial charge in [-0.15, -0.1) is 0 Å². The molecule has 1 aliphatic heterocycles. The summed E-state index contributed by atoms with van der Waals surface area (Å²) < 4.78 is 0. The number of piperidine rings is 1. The molecule has 104 valence electrons. The van der Waals surface area contributed by atoms with Crippen LogP contribution in [0.2, 0.25) is 5.02 Å². The first-order valence-corrected chi connectivity index (χ1v) is 6.73. The maximum absolute atomic E-state index is 10.8. The van der Waals surface area contributed by atoms with Crippen molar-refractivity contribution in [2.75, 3.05) is 18.0 Å². The smallest absolute Gasteiger partial charge is 0.288 e. The molecule has 2 N–H and O–H groups in total. The van der Waals surface area contributed by atoms with Crippen LogP contribution in [-0.2, 0) is 0 Å². The van der Waals surface area contributed by atoms with Gasteiger partial charge in [0.2, 0.25) is 0 Å². The lowest BCUT2D eigenvalue weighted by Gasteiger charge is -2.37. The lowest BCUT2D eigenvalue weighted by atomic mass is 9.94. The number of anilines is 1. The van der Waals surface area contributed by atoms with Gasteiger partial charge in [-0.3, -0.25) is 10.1 Å². The van der Waals surface area contributed by atoms with E-state index in [0.29, 0.717) is 5.92 Å². The van der Waals surface area contributed by atoms with Crippen molar-refractivity contribution in [2.45, 2.75) is 26.3 Å². The number of benzene rings is 1. The zero-order valence-electron chi connectivity index (χ0n) is 11.1. The second-order valence-corrected chi connectivity index (χ2v) is 5.63. The van der Waals surface area contributed by atoms with Gasteiger partial charge in [0, 0.05) is 30.9 Å². The van der Waals surface area contributed by atoms with Crippen molar-refractivity contribution in [1.82, 2.24) is 0 Å². The number of hydrogen-bond acceptors (Lipinski definition) is 4. The molecule has 0 aliphatic carbocycles. The van der Waals surface area contributed by atoms with Crippen molar-refractivity contribution >= 4 is 23.0 Å². The molecule has 1 aromatic carbocycles. The number of nitro groups is 1. The fourth-order valence-electron chi connectivity index (χ4n) is 2.52. The minimum absolute atomic E-state index is 0.0373. The van der Waals surface area contributed by atoms with Gasteiger partial charge in [-0.2, -0.15) is 0 Å². The van der Waals surface area contributed by atoms with E-state index in [0.717, 1.165) is 30.8 Å². The molecule has 1 aromatic rings. The number of aryl methyl sites for hydroxylation is 1. The average molecular weight is 284 g/mol. The molecule has 19 heavy (non-hydrogen) atoms. The molecule has 1 saturated heterocycles. The van der Waals surface area contributed by atoms with Gasteiger partial charge in [0.1, 0.15) is 5.02 Å². The van der Waals surface area contributed by atoms with E-state index in [1.54, 1.807) is 6.07 Å². The highest BCUT2D eigenvalue weighted by Crippen LogP contribution is 2.34. The molecular weight excluding hydrogens is 266 g/mol. The van der Waals surface area contributed by atoms with Gasteiger partial charge in [0.05, 0.1) is 4.92 Å². The maximum atomic E-state index is 10.8. The first-order chi connectivity index (χ1) is 8.90. The van der Waals surface area contributed by atoms with Crippen molar-refractivity contribution in [3.63, 3.8) is 0 Å². The Morgan fingerprint density at radius 2 is 2.21 bits per heavy atom. The molecule has 0 spiro atoms. The van der Waals surface area contributed by atoms with E-state index >= 15 is 0 Å². The van der Waals surface area contributed by atoms with Crippen LogP contribution in [0.5, 0.6) is 0 Å². The number of rotatable bonds is 2. The predicted molar refractivity (Wildman–Crippen MR) is 76.8 cm³/mol. The monoisotopic (exact) mass is 283 g/mol. The molecule has 0 aromatic heterocycles. The van der Waals surface area contributed by atoms with Crippen LogP contribution < -0.4 is 10.6 Å². The molecule has 1 fully saturated rings. The molecule has 0 saturated carbocycles. The Hall–Kier alpha value is -1.33. The van der Waals surface area contributed by atoms with Crippen LogP contribution in [0.1, 0.15) is 18.9 Å². The zero-order valence-corrected chi connectivity index (χ0v) is 11.9. The topological polar surface area (TPSA) is 72.4 Å². The standard InChI is InChI=1S/C13H18ClN3O2/c1-8-5-13(17(18)19)10(14)6-12(8)16-4-3-11(15)9(2)7-16/h5-6,9,11H,3-4,7,15H2,1-2H3. The molecule has 0 bridgehead atoms. The Kier molecular flexibility index (Phi) is 3.96. The van der Waals surface area contributed by atoms with Crippen LogP contribution in [0, 0.1) is 23.0 Å². The number of nitro benzene ring substituents is 1. The summed E-state index contributed by atoms with van der Waals surface area (Å²) in [7, 11) is 0. The minimum Gasteiger partial charge on any atom is -0.371 e. The fraction of sp³-hybridized carbons (Fsp3) is 0.538. The number of nitrogens with two attached hydrogens (primary N) is 1. The minimum atomic E-state index is -0.451. The van der Waals surface area contributed by atoms with E-state index in [2.05, 4.69) is 11.8 Å². The Balaban J connectivity index is 2.31. The Morgan fingerprint density at radius 1 is 1.53 bits per heavy atom. The van der Waals surface area contributed by atoms with Crippen LogP contribution in [0.4, 0.5) is 11.4 Å². The number of nitrogens with zero attached hydrogens (tertiary/aromatic N) is 2. The third kappa shape index (κ3) is 2.82. The SMILES string of the molecule is Cc1cc([N+](=O)[O-])c(Cl)cc1N1CCC(N)C(C)C1. The molecule has 2 atom stereocenters. The van der Waals surface area contributed by atoms with Gasteiger partial charge in [-0.25, -0.2) is 0 Å². The van der Waals surface area contributed by atoms with Crippen LogP contribution in [-0.4, -0.2) is 24.1 Å². The van der Waals surface area contributed by atoms with E-state index in [1.165, 1.54) is 6.07 Å². The van der Waals surface area contributed by atoms with Gasteiger partial charge in [0.25, 0.3) is 5.69 Å². The number of hydrogen-bond donors (Lipinski definition) is 1. The Labute approximate surface area is 117 Å². The quantitative estimate of drug-likeness (QED) is 0.669. The summed E-state index contributed by atoms with van der Waals surface area (Å²) in [6.07, 6.45) is 0.926. The van der Waals surface area contributed by atoms with E-state index in [9.17, 15) is 10.1 Å². The molecule has 0 radical (unpaired) electrons. The highest BCUT2D eigenvalue weighted by molar-refractivity contribution is 6.33. The molecular formula is C13H18ClN3O2. The summed E-state index contributed by atoms with van der Waals surface area (Å²) >= 11 is 5.99. The summed E-state index contributed by atoms with van der Waals surface area (Å²) in [5, 5.41) is 11.0. The lowest BCUT2D eigenvalue weighted by molar-refractivity contribution is -0.384. The van der Waals surface area contributed by atoms with Crippen molar-refractivity contribution in [2.24, 2.45) is 11.7 Å². The van der Waals surface area contributed by atoms with Crippen LogP contribution >= 0.6 is 11.6 Å². The fourth-order valence-corrected chi connectivity index (χ4v) is 2.75. The largest absolute Gasteiger partial charge is 0.371 e. The van der Waals surface area contributed by atoms with Crippen LogP contribution in [0.15, 0.2) is 12.1 Å². The molecule has 0 amide bonds. The third-order valence-corrected chi connectivity index (χ3v) is 4.08. The van der Waals surface area contributed by atoms with Gasteiger partial charge in [-0.05, 0) is 30.9 Å². The van der Waals surface area contributed by atoms with E-state index in [4.69, 9.17) is 17.3 Å². The molecule has 1 heterocycles. The van der Waals surface area contributed by atoms with Crippen molar-refractivity contribution < 1.29 is 4.92 Å². The zero-order chi connectivity index (χ0) is 14.2. The van der Waals surface area contributed by atoms with Crippen molar-refractivity contribution in [3.05, 3.63) is 32.8 Å². The van der Waals surface area contributed by atoms with Crippen molar-refractivity contribution in [1.29, 1.82) is 0 Å². The molecule has 5 nitrogen and oxygen atoms in total. The highest BCUT2D eigenvalue weighted by atomic mass is 35.5. The summed E-state index contributed by atoms with van der Waals surface area (Å²) in [4.78, 5) is 12.6. The van der Waals surface area contributed by atoms with E-state index in [-0.39, 0.29) is 16.8 Å². The van der Waals surface area contributed by atoms with E-state index < -0.39 is 4.92 Å². The first kappa shape index (κ1) is 14.1. The second kappa shape index (κ2) is 5.35. The lowest BCUT2D eigenvalue weighted by Crippen LogP contribution is -2.46. The molecule has 2 rings (SSSR count). The third-order valence-electron chi connectivity index (χ3n) is 3.77. The van der Waals surface area contributed by atoms with Crippen LogP contribution in [0.3, 0.4) is 0 Å². The first-order valence-electron chi connectivity index (χ1n) is 6.35. The highest BCUT2D eigenvalue weighted by Gasteiger charge is 2.25. The Bertz CT molecular complexity index is 507. The van der Waals surface area contributed by atoms with Gasteiger partial charge < -0.3 is 10.6 Å². The van der Waals surface area contributed by atoms with Gasteiger partial charge >= 0.3 is 0 Å². The number of halogens is 1. The summed E-state index contributed by atoms with van der Waals surface area (Å²) in [6, 6.07) is 3.46. The van der Waals surface area contributed by atoms with Crippen LogP contribution in [0.25, 0.3) is 0 Å². The van der Waals surface area contributed by atoms with Gasteiger partial charge in [0.15, 0.2) is 0 Å². The summed E-state index contributed by atoms with van der Waals surface area (Å²) in [5.41, 5.74) is 7.81. The second-order valence-electron chi connectivity index (χ2n) is 5.22. The van der Waals surface area contributed by atoms with Crippen molar-refractivity contribution in [3.8, 4) is 0 Å². The Morgan fingerprint density at radius 3 is 2.79 bits per heavy atom. The molecule has 6 heteroatoms.